The third kappa shape index (κ3) is 5.87. The van der Waals surface area contributed by atoms with Gasteiger partial charge in [0.15, 0.2) is 0 Å². The Kier molecular flexibility index (Phi) is 7.02. The van der Waals surface area contributed by atoms with Gasteiger partial charge in [0.1, 0.15) is 5.69 Å². The van der Waals surface area contributed by atoms with Crippen LogP contribution >= 0.6 is 0 Å². The van der Waals surface area contributed by atoms with Crippen molar-refractivity contribution in [1.82, 2.24) is 19.7 Å². The molecule has 0 fully saturated rings. The predicted molar refractivity (Wildman–Crippen MR) is 125 cm³/mol. The summed E-state index contributed by atoms with van der Waals surface area (Å²) in [5.74, 6) is -0.627. The highest BCUT2D eigenvalue weighted by Crippen LogP contribution is 2.29. The molecule has 4 rings (SSSR count). The summed E-state index contributed by atoms with van der Waals surface area (Å²) in [7, 11) is 1.30. The van der Waals surface area contributed by atoms with Crippen LogP contribution in [0.5, 0.6) is 0 Å². The van der Waals surface area contributed by atoms with Gasteiger partial charge in [-0.3, -0.25) is 4.68 Å². The lowest BCUT2D eigenvalue weighted by Gasteiger charge is -2.12. The van der Waals surface area contributed by atoms with Gasteiger partial charge in [0.2, 0.25) is 5.95 Å². The van der Waals surface area contributed by atoms with Crippen LogP contribution in [-0.2, 0) is 17.5 Å². The molecule has 0 aliphatic carbocycles. The van der Waals surface area contributed by atoms with Crippen molar-refractivity contribution in [3.05, 3.63) is 89.5 Å². The number of aromatic nitrogens is 4. The summed E-state index contributed by atoms with van der Waals surface area (Å²) in [5.41, 5.74) is 2.86. The molecule has 2 N–H and O–H groups in total. The van der Waals surface area contributed by atoms with Crippen molar-refractivity contribution in [1.29, 1.82) is 0 Å². The fraction of sp³-hybridized carbons (Fsp3) is 0.200. The zero-order valence-corrected chi connectivity index (χ0v) is 19.3. The van der Waals surface area contributed by atoms with E-state index in [-0.39, 0.29) is 12.5 Å². The van der Waals surface area contributed by atoms with Crippen LogP contribution < -0.4 is 5.32 Å². The van der Waals surface area contributed by atoms with E-state index in [2.05, 4.69) is 25.1 Å². The number of halogens is 3. The number of methoxy groups -OCH3 is 1. The maximum absolute atomic E-state index is 13.0. The van der Waals surface area contributed by atoms with Gasteiger partial charge in [0, 0.05) is 23.6 Å². The monoisotopic (exact) mass is 497 g/mol. The molecule has 1 unspecified atom stereocenters. The number of aliphatic hydroxyl groups excluding tert-OH is 1. The van der Waals surface area contributed by atoms with E-state index in [1.54, 1.807) is 53.5 Å². The highest BCUT2D eigenvalue weighted by Gasteiger charge is 2.32. The summed E-state index contributed by atoms with van der Waals surface area (Å²) in [6.07, 6.45) is -0.998. The quantitative estimate of drug-likeness (QED) is 0.349. The number of carbonyl (C=O) groups is 1. The van der Waals surface area contributed by atoms with Gasteiger partial charge >= 0.3 is 12.1 Å². The molecule has 0 saturated heterocycles. The second kappa shape index (κ2) is 10.2. The van der Waals surface area contributed by atoms with Crippen molar-refractivity contribution in [2.45, 2.75) is 25.7 Å². The molecule has 2 aromatic heterocycles. The molecule has 8 nitrogen and oxygen atoms in total. The predicted octanol–water partition coefficient (Wildman–Crippen LogP) is 4.93. The minimum Gasteiger partial charge on any atom is -0.465 e. The van der Waals surface area contributed by atoms with Crippen molar-refractivity contribution in [2.24, 2.45) is 0 Å². The molecule has 11 heteroatoms. The van der Waals surface area contributed by atoms with Crippen LogP contribution in [0.4, 0.5) is 24.8 Å². The molecular weight excluding hydrogens is 475 g/mol. The minimum atomic E-state index is -4.57. The standard InChI is InChI=1S/C25H22F3N5O3/c1-15-9-18(11-20(10-15)31-24-29-8-7-22(32-24)25(26,27)28)19-12-30-33(13-19)14-21(34)16-3-5-17(6-4-16)23(35)36-2/h3-13,21,34H,14H2,1-2H3,(H,29,31,32). The van der Waals surface area contributed by atoms with Crippen LogP contribution in [0.1, 0.15) is 33.3 Å². The first-order chi connectivity index (χ1) is 17.1. The first kappa shape index (κ1) is 24.9. The van der Waals surface area contributed by atoms with Crippen LogP contribution in [0.25, 0.3) is 11.1 Å². The Morgan fingerprint density at radius 2 is 1.89 bits per heavy atom. The first-order valence-corrected chi connectivity index (χ1v) is 10.8. The van der Waals surface area contributed by atoms with E-state index in [1.165, 1.54) is 7.11 Å². The van der Waals surface area contributed by atoms with E-state index in [0.29, 0.717) is 16.8 Å². The largest absolute Gasteiger partial charge is 0.465 e. The van der Waals surface area contributed by atoms with Crippen molar-refractivity contribution in [3.63, 3.8) is 0 Å². The Labute approximate surface area is 204 Å². The lowest BCUT2D eigenvalue weighted by Crippen LogP contribution is -2.10. The number of aliphatic hydroxyl groups is 1. The number of carbonyl (C=O) groups excluding carboxylic acids is 1. The molecule has 2 heterocycles. The Bertz CT molecular complexity index is 1370. The maximum atomic E-state index is 13.0. The highest BCUT2D eigenvalue weighted by atomic mass is 19.4. The number of anilines is 2. The van der Waals surface area contributed by atoms with Gasteiger partial charge in [-0.25, -0.2) is 14.8 Å². The van der Waals surface area contributed by atoms with Crippen LogP contribution in [0.2, 0.25) is 0 Å². The number of rotatable bonds is 7. The number of hydrogen-bond acceptors (Lipinski definition) is 7. The van der Waals surface area contributed by atoms with E-state index in [4.69, 9.17) is 0 Å². The average molecular weight is 497 g/mol. The number of alkyl halides is 3. The summed E-state index contributed by atoms with van der Waals surface area (Å²) < 4.78 is 45.1. The summed E-state index contributed by atoms with van der Waals surface area (Å²) in [6, 6.07) is 12.7. The topological polar surface area (TPSA) is 102 Å². The highest BCUT2D eigenvalue weighted by molar-refractivity contribution is 5.89. The van der Waals surface area contributed by atoms with Crippen molar-refractivity contribution in [3.8, 4) is 11.1 Å². The number of hydrogen-bond donors (Lipinski definition) is 2. The minimum absolute atomic E-state index is 0.168. The summed E-state index contributed by atoms with van der Waals surface area (Å²) in [6.45, 7) is 2.03. The number of nitrogens with one attached hydrogen (secondary N) is 1. The lowest BCUT2D eigenvalue weighted by molar-refractivity contribution is -0.141. The molecule has 0 aliphatic heterocycles. The van der Waals surface area contributed by atoms with Gasteiger partial charge in [0.25, 0.3) is 0 Å². The van der Waals surface area contributed by atoms with Gasteiger partial charge in [-0.05, 0) is 53.9 Å². The van der Waals surface area contributed by atoms with E-state index in [9.17, 15) is 23.1 Å². The van der Waals surface area contributed by atoms with E-state index in [1.807, 2.05) is 13.0 Å². The smallest absolute Gasteiger partial charge is 0.433 e. The van der Waals surface area contributed by atoms with Gasteiger partial charge < -0.3 is 15.2 Å². The van der Waals surface area contributed by atoms with Gasteiger partial charge in [0.05, 0.1) is 31.5 Å². The summed E-state index contributed by atoms with van der Waals surface area (Å²) in [4.78, 5) is 19.0. The van der Waals surface area contributed by atoms with Crippen molar-refractivity contribution >= 4 is 17.6 Å². The molecule has 4 aromatic rings. The Morgan fingerprint density at radius 1 is 1.14 bits per heavy atom. The Morgan fingerprint density at radius 3 is 2.58 bits per heavy atom. The van der Waals surface area contributed by atoms with Crippen LogP contribution in [-0.4, -0.2) is 37.9 Å². The zero-order chi connectivity index (χ0) is 25.9. The molecule has 36 heavy (non-hydrogen) atoms. The van der Waals surface area contributed by atoms with Crippen LogP contribution in [0.3, 0.4) is 0 Å². The number of nitrogens with zero attached hydrogens (tertiary/aromatic N) is 4. The Hall–Kier alpha value is -4.25. The molecule has 0 spiro atoms. The molecule has 2 aromatic carbocycles. The van der Waals surface area contributed by atoms with Gasteiger partial charge in [-0.15, -0.1) is 0 Å². The summed E-state index contributed by atoms with van der Waals surface area (Å²) >= 11 is 0. The van der Waals surface area contributed by atoms with Crippen LogP contribution in [0.15, 0.2) is 67.1 Å². The van der Waals surface area contributed by atoms with Crippen molar-refractivity contribution in [2.75, 3.05) is 12.4 Å². The number of ether oxygens (including phenoxy) is 1. The normalized spacial score (nSPS) is 12.3. The van der Waals surface area contributed by atoms with E-state index in [0.717, 1.165) is 29.0 Å². The fourth-order valence-electron chi connectivity index (χ4n) is 3.58. The number of benzene rings is 2. The average Bonchev–Trinajstić information content (AvgIpc) is 3.31. The molecule has 1 atom stereocenters. The second-order valence-corrected chi connectivity index (χ2v) is 8.06. The fourth-order valence-corrected chi connectivity index (χ4v) is 3.58. The van der Waals surface area contributed by atoms with Crippen LogP contribution in [0, 0.1) is 6.92 Å². The van der Waals surface area contributed by atoms with Crippen molar-refractivity contribution < 1.29 is 27.8 Å². The Balaban J connectivity index is 1.49. The maximum Gasteiger partial charge on any atom is 0.433 e. The molecule has 0 bridgehead atoms. The molecular formula is C25H22F3N5O3. The van der Waals surface area contributed by atoms with Gasteiger partial charge in [-0.2, -0.15) is 18.3 Å². The molecule has 0 radical (unpaired) electrons. The molecule has 0 amide bonds. The molecule has 0 saturated carbocycles. The lowest BCUT2D eigenvalue weighted by atomic mass is 10.1. The molecule has 0 aliphatic rings. The SMILES string of the molecule is COC(=O)c1ccc(C(O)Cn2cc(-c3cc(C)cc(Nc4nccc(C(F)(F)F)n4)c3)cn2)cc1. The van der Waals surface area contributed by atoms with E-state index < -0.39 is 23.9 Å². The summed E-state index contributed by atoms with van der Waals surface area (Å²) in [5, 5.41) is 17.7. The third-order valence-electron chi connectivity index (χ3n) is 5.32. The zero-order valence-electron chi connectivity index (χ0n) is 19.3. The number of aryl methyl sites for hydroxylation is 1. The first-order valence-electron chi connectivity index (χ1n) is 10.8. The molecule has 186 valence electrons. The van der Waals surface area contributed by atoms with Gasteiger partial charge in [-0.1, -0.05) is 18.2 Å². The number of esters is 1. The second-order valence-electron chi connectivity index (χ2n) is 8.06. The third-order valence-corrected chi connectivity index (χ3v) is 5.32. The van der Waals surface area contributed by atoms with E-state index >= 15 is 0 Å².